The fourth-order valence-electron chi connectivity index (χ4n) is 3.20. The molecule has 4 rings (SSSR count). The summed E-state index contributed by atoms with van der Waals surface area (Å²) in [7, 11) is 0. The third-order valence-electron chi connectivity index (χ3n) is 4.67. The monoisotopic (exact) mass is 321 g/mol. The molecule has 23 heavy (non-hydrogen) atoms. The molecule has 1 aliphatic heterocycles. The van der Waals surface area contributed by atoms with E-state index in [-0.39, 0.29) is 29.2 Å². The first-order valence-electron chi connectivity index (χ1n) is 7.91. The van der Waals surface area contributed by atoms with Gasteiger partial charge in [-0.15, -0.1) is 0 Å². The van der Waals surface area contributed by atoms with Gasteiger partial charge in [-0.1, -0.05) is 0 Å². The van der Waals surface area contributed by atoms with E-state index < -0.39 is 6.43 Å². The molecule has 0 bridgehead atoms. The summed E-state index contributed by atoms with van der Waals surface area (Å²) in [4.78, 5) is 22.3. The summed E-state index contributed by atoms with van der Waals surface area (Å²) in [5.41, 5.74) is 0.443. The quantitative estimate of drug-likeness (QED) is 0.869. The molecule has 0 N–H and O–H groups in total. The van der Waals surface area contributed by atoms with Crippen LogP contribution in [0.5, 0.6) is 0 Å². The van der Waals surface area contributed by atoms with E-state index in [1.807, 2.05) is 4.90 Å². The lowest BCUT2D eigenvalue weighted by Gasteiger charge is -2.32. The molecule has 6 nitrogen and oxygen atoms in total. The molecule has 0 aromatic carbocycles. The zero-order valence-electron chi connectivity index (χ0n) is 12.5. The van der Waals surface area contributed by atoms with Crippen molar-refractivity contribution in [3.63, 3.8) is 0 Å². The smallest absolute Gasteiger partial charge is 0.280 e. The number of likely N-dealkylation sites (tertiary alicyclic amines) is 1. The van der Waals surface area contributed by atoms with Crippen molar-refractivity contribution < 1.29 is 13.6 Å². The number of rotatable bonds is 3. The Morgan fingerprint density at radius 1 is 1.22 bits per heavy atom. The van der Waals surface area contributed by atoms with Gasteiger partial charge in [0.2, 0.25) is 5.91 Å². The highest BCUT2D eigenvalue weighted by atomic mass is 19.3. The summed E-state index contributed by atoms with van der Waals surface area (Å²) >= 11 is 0. The van der Waals surface area contributed by atoms with Crippen LogP contribution in [0.4, 0.5) is 8.78 Å². The molecular weight excluding hydrogens is 304 g/mol. The maximum Gasteiger partial charge on any atom is 0.280 e. The Hall–Kier alpha value is -2.12. The minimum atomic E-state index is -2.63. The normalized spacial score (nSPS) is 19.7. The van der Waals surface area contributed by atoms with Gasteiger partial charge in [-0.3, -0.25) is 4.79 Å². The van der Waals surface area contributed by atoms with Gasteiger partial charge in [0.1, 0.15) is 12.0 Å². The second-order valence-corrected chi connectivity index (χ2v) is 6.25. The van der Waals surface area contributed by atoms with E-state index >= 15 is 0 Å². The van der Waals surface area contributed by atoms with Gasteiger partial charge in [-0.2, -0.15) is 14.6 Å². The maximum absolute atomic E-state index is 13.2. The van der Waals surface area contributed by atoms with E-state index in [0.717, 1.165) is 30.2 Å². The maximum atomic E-state index is 13.2. The number of nitrogens with zero attached hydrogens (tertiary/aromatic N) is 5. The lowest BCUT2D eigenvalue weighted by Crippen LogP contribution is -2.39. The van der Waals surface area contributed by atoms with E-state index in [1.165, 1.54) is 12.4 Å². The first kappa shape index (κ1) is 14.5. The van der Waals surface area contributed by atoms with Crippen LogP contribution in [-0.2, 0) is 4.79 Å². The molecule has 122 valence electrons. The van der Waals surface area contributed by atoms with Crippen LogP contribution in [0.15, 0.2) is 12.4 Å². The van der Waals surface area contributed by atoms with E-state index in [4.69, 9.17) is 0 Å². The summed E-state index contributed by atoms with van der Waals surface area (Å²) in [6.45, 7) is 1.34. The molecule has 1 amide bonds. The Morgan fingerprint density at radius 2 is 1.96 bits per heavy atom. The SMILES string of the molecule is O=C(C1CC1)N1CCC(c2cc(C(F)F)n3ncnc3n2)CC1. The molecule has 2 aromatic heterocycles. The van der Waals surface area contributed by atoms with E-state index in [2.05, 4.69) is 15.1 Å². The number of amides is 1. The first-order valence-corrected chi connectivity index (χ1v) is 7.91. The largest absolute Gasteiger partial charge is 0.342 e. The highest BCUT2D eigenvalue weighted by Gasteiger charge is 2.35. The van der Waals surface area contributed by atoms with Crippen molar-refractivity contribution >= 4 is 11.7 Å². The summed E-state index contributed by atoms with van der Waals surface area (Å²) < 4.78 is 27.5. The van der Waals surface area contributed by atoms with Gasteiger partial charge >= 0.3 is 0 Å². The minimum Gasteiger partial charge on any atom is -0.342 e. The van der Waals surface area contributed by atoms with Crippen LogP contribution >= 0.6 is 0 Å². The van der Waals surface area contributed by atoms with E-state index in [9.17, 15) is 13.6 Å². The third kappa shape index (κ3) is 2.66. The fourth-order valence-corrected chi connectivity index (χ4v) is 3.20. The Morgan fingerprint density at radius 3 is 2.61 bits per heavy atom. The molecule has 2 fully saturated rings. The summed E-state index contributed by atoms with van der Waals surface area (Å²) in [6, 6.07) is 1.43. The third-order valence-corrected chi connectivity index (χ3v) is 4.67. The molecule has 1 saturated carbocycles. The molecule has 1 saturated heterocycles. The Labute approximate surface area is 131 Å². The molecular formula is C15H17F2N5O. The second kappa shape index (κ2) is 5.50. The van der Waals surface area contributed by atoms with Gasteiger partial charge in [0.15, 0.2) is 0 Å². The van der Waals surface area contributed by atoms with Crippen molar-refractivity contribution in [3.8, 4) is 0 Å². The zero-order chi connectivity index (χ0) is 16.0. The number of carbonyl (C=O) groups is 1. The van der Waals surface area contributed by atoms with Crippen LogP contribution in [0.25, 0.3) is 5.78 Å². The van der Waals surface area contributed by atoms with Crippen molar-refractivity contribution in [2.45, 2.75) is 38.0 Å². The molecule has 0 atom stereocenters. The molecule has 0 radical (unpaired) electrons. The summed E-state index contributed by atoms with van der Waals surface area (Å²) in [5, 5.41) is 3.80. The van der Waals surface area contributed by atoms with Gasteiger partial charge in [0.25, 0.3) is 12.2 Å². The van der Waals surface area contributed by atoms with Gasteiger partial charge in [-0.05, 0) is 31.7 Å². The van der Waals surface area contributed by atoms with Crippen LogP contribution in [0.1, 0.15) is 49.4 Å². The first-order chi connectivity index (χ1) is 11.1. The Kier molecular flexibility index (Phi) is 3.46. The van der Waals surface area contributed by atoms with Gasteiger partial charge in [-0.25, -0.2) is 13.8 Å². The number of fused-ring (bicyclic) bond motifs is 1. The molecule has 3 heterocycles. The summed E-state index contributed by atoms with van der Waals surface area (Å²) in [5.74, 6) is 0.756. The average Bonchev–Trinajstić information content (AvgIpc) is 3.30. The Balaban J connectivity index is 1.54. The van der Waals surface area contributed by atoms with Gasteiger partial charge in [0.05, 0.1) is 0 Å². The zero-order valence-corrected chi connectivity index (χ0v) is 12.5. The van der Waals surface area contributed by atoms with Crippen LogP contribution in [0.2, 0.25) is 0 Å². The number of alkyl halides is 2. The van der Waals surface area contributed by atoms with Crippen molar-refractivity contribution in [2.75, 3.05) is 13.1 Å². The Bertz CT molecular complexity index is 735. The predicted molar refractivity (Wildman–Crippen MR) is 77.0 cm³/mol. The lowest BCUT2D eigenvalue weighted by atomic mass is 9.92. The number of piperidine rings is 1. The van der Waals surface area contributed by atoms with Gasteiger partial charge in [0, 0.05) is 30.6 Å². The van der Waals surface area contributed by atoms with Crippen LogP contribution < -0.4 is 0 Å². The highest BCUT2D eigenvalue weighted by molar-refractivity contribution is 5.81. The average molecular weight is 321 g/mol. The van der Waals surface area contributed by atoms with Crippen molar-refractivity contribution in [1.82, 2.24) is 24.5 Å². The molecule has 0 unspecified atom stereocenters. The second-order valence-electron chi connectivity index (χ2n) is 6.25. The lowest BCUT2D eigenvalue weighted by molar-refractivity contribution is -0.133. The van der Waals surface area contributed by atoms with Crippen LogP contribution in [0.3, 0.4) is 0 Å². The molecule has 2 aromatic rings. The molecule has 1 aliphatic carbocycles. The minimum absolute atomic E-state index is 0.0810. The standard InChI is InChI=1S/C15H17F2N5O/c16-13(17)12-7-11(20-15-18-8-19-22(12)15)9-3-5-21(6-4-9)14(23)10-1-2-10/h7-10,13H,1-6H2. The number of hydrogen-bond acceptors (Lipinski definition) is 4. The topological polar surface area (TPSA) is 63.4 Å². The number of carbonyl (C=O) groups excluding carboxylic acids is 1. The van der Waals surface area contributed by atoms with Gasteiger partial charge < -0.3 is 4.90 Å². The summed E-state index contributed by atoms with van der Waals surface area (Å²) in [6.07, 6.45) is 2.10. The van der Waals surface area contributed by atoms with Crippen molar-refractivity contribution in [1.29, 1.82) is 0 Å². The van der Waals surface area contributed by atoms with Crippen LogP contribution in [0, 0.1) is 5.92 Å². The molecule has 2 aliphatic rings. The highest BCUT2D eigenvalue weighted by Crippen LogP contribution is 2.34. The number of aromatic nitrogens is 4. The van der Waals surface area contributed by atoms with E-state index in [0.29, 0.717) is 18.8 Å². The number of hydrogen-bond donors (Lipinski definition) is 0. The van der Waals surface area contributed by atoms with Crippen molar-refractivity contribution in [2.24, 2.45) is 5.92 Å². The fraction of sp³-hybridized carbons (Fsp3) is 0.600. The van der Waals surface area contributed by atoms with Crippen LogP contribution in [-0.4, -0.2) is 43.5 Å². The predicted octanol–water partition coefficient (Wildman–Crippen LogP) is 2.18. The van der Waals surface area contributed by atoms with Crippen molar-refractivity contribution in [3.05, 3.63) is 23.8 Å². The number of halogens is 2. The molecule has 0 spiro atoms. The molecule has 8 heteroatoms. The van der Waals surface area contributed by atoms with E-state index in [1.54, 1.807) is 0 Å².